The fourth-order valence-electron chi connectivity index (χ4n) is 1.57. The molecule has 0 fully saturated rings. The van der Waals surface area contributed by atoms with Crippen molar-refractivity contribution in [3.8, 4) is 0 Å². The molecule has 126 valence electrons. The van der Waals surface area contributed by atoms with Crippen molar-refractivity contribution in [2.75, 3.05) is 23.8 Å². The summed E-state index contributed by atoms with van der Waals surface area (Å²) in [6.45, 7) is 4.89. The minimum absolute atomic E-state index is 0.200. The average Bonchev–Trinajstić information content (AvgIpc) is 2.42. The third kappa shape index (κ3) is 6.68. The van der Waals surface area contributed by atoms with Gasteiger partial charge in [0.25, 0.3) is 0 Å². The van der Waals surface area contributed by atoms with E-state index < -0.39 is 23.7 Å². The highest BCUT2D eigenvalue weighted by Crippen LogP contribution is 2.17. The Morgan fingerprint density at radius 2 is 1.74 bits per heavy atom. The van der Waals surface area contributed by atoms with Crippen LogP contribution in [0.3, 0.4) is 0 Å². The van der Waals surface area contributed by atoms with Crippen molar-refractivity contribution in [3.05, 3.63) is 24.3 Å². The predicted molar refractivity (Wildman–Crippen MR) is 85.7 cm³/mol. The minimum Gasteiger partial charge on any atom is -0.480 e. The number of amides is 3. The third-order valence-corrected chi connectivity index (χ3v) is 2.61. The number of benzene rings is 1. The first-order valence-electron chi connectivity index (χ1n) is 6.92. The van der Waals surface area contributed by atoms with E-state index in [1.165, 1.54) is 11.9 Å². The van der Waals surface area contributed by atoms with Gasteiger partial charge in [-0.25, -0.2) is 14.9 Å². The number of carboxylic acids is 1. The summed E-state index contributed by atoms with van der Waals surface area (Å²) in [6.07, 6.45) is -0.825. The molecule has 0 saturated heterocycles. The number of hydrogen-bond acceptors (Lipinski definition) is 5. The van der Waals surface area contributed by atoms with Crippen LogP contribution in [0.4, 0.5) is 21.0 Å². The molecule has 0 aliphatic heterocycles. The summed E-state index contributed by atoms with van der Waals surface area (Å²) in [7, 11) is 1.50. The molecule has 3 amide bonds. The van der Waals surface area contributed by atoms with Crippen molar-refractivity contribution in [2.24, 2.45) is 0 Å². The van der Waals surface area contributed by atoms with Crippen molar-refractivity contribution in [1.82, 2.24) is 5.32 Å². The molecule has 0 saturated carbocycles. The highest BCUT2D eigenvalue weighted by atomic mass is 16.6. The van der Waals surface area contributed by atoms with Crippen molar-refractivity contribution in [1.29, 1.82) is 0 Å². The Hall–Kier alpha value is -2.77. The van der Waals surface area contributed by atoms with Gasteiger partial charge in [-0.2, -0.15) is 0 Å². The second kappa shape index (κ2) is 7.48. The van der Waals surface area contributed by atoms with E-state index in [1.54, 1.807) is 45.0 Å². The van der Waals surface area contributed by atoms with E-state index in [1.807, 2.05) is 0 Å². The molecule has 23 heavy (non-hydrogen) atoms. The molecule has 0 atom stereocenters. The van der Waals surface area contributed by atoms with Crippen LogP contribution in [-0.2, 0) is 9.53 Å². The van der Waals surface area contributed by atoms with Gasteiger partial charge in [0.15, 0.2) is 0 Å². The highest BCUT2D eigenvalue weighted by Gasteiger charge is 2.20. The molecule has 0 unspecified atom stereocenters. The molecule has 0 aliphatic rings. The summed E-state index contributed by atoms with van der Waals surface area (Å²) in [6, 6.07) is 5.88. The number of carbonyl (C=O) groups is 3. The van der Waals surface area contributed by atoms with E-state index in [2.05, 4.69) is 10.6 Å². The summed E-state index contributed by atoms with van der Waals surface area (Å²) >= 11 is 0. The van der Waals surface area contributed by atoms with Gasteiger partial charge in [0.05, 0.1) is 0 Å². The molecule has 0 aliphatic carbocycles. The number of hydrogen-bond donors (Lipinski definition) is 3. The van der Waals surface area contributed by atoms with Gasteiger partial charge in [-0.1, -0.05) is 0 Å². The number of imide groups is 1. The van der Waals surface area contributed by atoms with Gasteiger partial charge in [0.2, 0.25) is 0 Å². The van der Waals surface area contributed by atoms with E-state index >= 15 is 0 Å². The first kappa shape index (κ1) is 18.3. The fourth-order valence-corrected chi connectivity index (χ4v) is 1.57. The average molecular weight is 323 g/mol. The molecule has 1 aromatic carbocycles. The third-order valence-electron chi connectivity index (χ3n) is 2.61. The van der Waals surface area contributed by atoms with Crippen LogP contribution in [0.25, 0.3) is 0 Å². The van der Waals surface area contributed by atoms with E-state index in [4.69, 9.17) is 9.84 Å². The molecule has 0 spiro atoms. The number of urea groups is 1. The SMILES string of the molecule is CN(C(=O)NC(=O)OC(C)(C)C)c1ccc(NCC(=O)O)cc1. The number of alkyl carbamates (subject to hydrolysis) is 1. The van der Waals surface area contributed by atoms with Gasteiger partial charge in [0, 0.05) is 18.4 Å². The lowest BCUT2D eigenvalue weighted by Gasteiger charge is -2.22. The number of anilines is 2. The molecule has 8 nitrogen and oxygen atoms in total. The van der Waals surface area contributed by atoms with E-state index in [0.29, 0.717) is 11.4 Å². The van der Waals surface area contributed by atoms with Crippen LogP contribution < -0.4 is 15.5 Å². The molecule has 0 radical (unpaired) electrons. The maximum Gasteiger partial charge on any atom is 0.415 e. The highest BCUT2D eigenvalue weighted by molar-refractivity contribution is 6.00. The molecule has 1 rings (SSSR count). The Morgan fingerprint density at radius 1 is 1.17 bits per heavy atom. The number of carboxylic acid groups (broad SMARTS) is 1. The molecular weight excluding hydrogens is 302 g/mol. The number of aliphatic carboxylic acids is 1. The maximum absolute atomic E-state index is 12.0. The standard InChI is InChI=1S/C15H21N3O5/c1-15(2,3)23-14(22)17-13(21)18(4)11-7-5-10(6-8-11)16-9-12(19)20/h5-8,16H,9H2,1-4H3,(H,19,20)(H,17,21,22). The second-order valence-corrected chi connectivity index (χ2v) is 5.79. The van der Waals surface area contributed by atoms with E-state index in [9.17, 15) is 14.4 Å². The molecule has 0 heterocycles. The van der Waals surface area contributed by atoms with Crippen molar-refractivity contribution >= 4 is 29.5 Å². The Bertz CT molecular complexity index is 578. The van der Waals surface area contributed by atoms with Crippen molar-refractivity contribution < 1.29 is 24.2 Å². The molecule has 0 bridgehead atoms. The fraction of sp³-hybridized carbons (Fsp3) is 0.400. The Balaban J connectivity index is 2.62. The smallest absolute Gasteiger partial charge is 0.415 e. The Kier molecular flexibility index (Phi) is 5.94. The van der Waals surface area contributed by atoms with Crippen LogP contribution in [-0.4, -0.2) is 42.4 Å². The van der Waals surface area contributed by atoms with E-state index in [-0.39, 0.29) is 6.54 Å². The minimum atomic E-state index is -0.970. The Labute approximate surface area is 134 Å². The van der Waals surface area contributed by atoms with Crippen LogP contribution >= 0.6 is 0 Å². The van der Waals surface area contributed by atoms with Crippen molar-refractivity contribution in [2.45, 2.75) is 26.4 Å². The topological polar surface area (TPSA) is 108 Å². The number of carbonyl (C=O) groups excluding carboxylic acids is 2. The second-order valence-electron chi connectivity index (χ2n) is 5.79. The largest absolute Gasteiger partial charge is 0.480 e. The molecule has 0 aromatic heterocycles. The zero-order valence-corrected chi connectivity index (χ0v) is 13.5. The van der Waals surface area contributed by atoms with Gasteiger partial charge in [0.1, 0.15) is 12.1 Å². The maximum atomic E-state index is 12.0. The lowest BCUT2D eigenvalue weighted by Crippen LogP contribution is -2.43. The van der Waals surface area contributed by atoms with Gasteiger partial charge in [-0.15, -0.1) is 0 Å². The molecular formula is C15H21N3O5. The molecule has 1 aromatic rings. The van der Waals surface area contributed by atoms with Crippen molar-refractivity contribution in [3.63, 3.8) is 0 Å². The molecule has 8 heteroatoms. The predicted octanol–water partition coefficient (Wildman–Crippen LogP) is 2.26. The van der Waals surface area contributed by atoms with Crippen LogP contribution in [0.1, 0.15) is 20.8 Å². The Morgan fingerprint density at radius 3 is 2.22 bits per heavy atom. The molecule has 3 N–H and O–H groups in total. The van der Waals surface area contributed by atoms with Gasteiger partial charge >= 0.3 is 18.1 Å². The van der Waals surface area contributed by atoms with Crippen LogP contribution in [0, 0.1) is 0 Å². The van der Waals surface area contributed by atoms with Crippen LogP contribution in [0.2, 0.25) is 0 Å². The zero-order chi connectivity index (χ0) is 17.6. The summed E-state index contributed by atoms with van der Waals surface area (Å²) in [5.41, 5.74) is 0.449. The normalized spacial score (nSPS) is 10.6. The lowest BCUT2D eigenvalue weighted by atomic mass is 10.2. The quantitative estimate of drug-likeness (QED) is 0.784. The van der Waals surface area contributed by atoms with Crippen LogP contribution in [0.15, 0.2) is 24.3 Å². The summed E-state index contributed by atoms with van der Waals surface area (Å²) in [5.74, 6) is -0.970. The summed E-state index contributed by atoms with van der Waals surface area (Å²) in [4.78, 5) is 35.2. The van der Waals surface area contributed by atoms with Crippen LogP contribution in [0.5, 0.6) is 0 Å². The first-order chi connectivity index (χ1) is 10.6. The van der Waals surface area contributed by atoms with Gasteiger partial charge in [-0.05, 0) is 45.0 Å². The number of nitrogens with zero attached hydrogens (tertiary/aromatic N) is 1. The van der Waals surface area contributed by atoms with E-state index in [0.717, 1.165) is 0 Å². The number of ether oxygens (including phenoxy) is 1. The first-order valence-corrected chi connectivity index (χ1v) is 6.92. The summed E-state index contributed by atoms with van der Waals surface area (Å²) < 4.78 is 5.00. The van der Waals surface area contributed by atoms with Gasteiger partial charge in [-0.3, -0.25) is 9.69 Å². The zero-order valence-electron chi connectivity index (χ0n) is 13.5. The monoisotopic (exact) mass is 323 g/mol. The van der Waals surface area contributed by atoms with Gasteiger partial charge < -0.3 is 15.2 Å². The summed E-state index contributed by atoms with van der Waals surface area (Å²) in [5, 5.41) is 13.4. The number of nitrogens with one attached hydrogen (secondary N) is 2. The number of rotatable bonds is 4. The lowest BCUT2D eigenvalue weighted by molar-refractivity contribution is -0.134.